The Labute approximate surface area is 98.1 Å². The van der Waals surface area contributed by atoms with E-state index in [1.54, 1.807) is 0 Å². The fourth-order valence-corrected chi connectivity index (χ4v) is 2.39. The van der Waals surface area contributed by atoms with Crippen LogP contribution in [0, 0.1) is 0 Å². The SMILES string of the molecule is CCc1[nH]c(C2CCNC2)nc1C(C)(C)C. The van der Waals surface area contributed by atoms with Crippen molar-refractivity contribution in [1.82, 2.24) is 15.3 Å². The Hall–Kier alpha value is -0.830. The van der Waals surface area contributed by atoms with Crippen LogP contribution in [0.25, 0.3) is 0 Å². The maximum atomic E-state index is 4.84. The molecule has 1 aromatic heterocycles. The second-order valence-corrected chi connectivity index (χ2v) is 5.74. The predicted molar refractivity (Wildman–Crippen MR) is 66.9 cm³/mol. The lowest BCUT2D eigenvalue weighted by Crippen LogP contribution is -2.14. The van der Waals surface area contributed by atoms with Gasteiger partial charge in [0, 0.05) is 23.6 Å². The third-order valence-corrected chi connectivity index (χ3v) is 3.31. The summed E-state index contributed by atoms with van der Waals surface area (Å²) in [5, 5.41) is 3.40. The van der Waals surface area contributed by atoms with Crippen LogP contribution in [0.1, 0.15) is 57.2 Å². The zero-order valence-corrected chi connectivity index (χ0v) is 10.9. The van der Waals surface area contributed by atoms with Gasteiger partial charge in [-0.2, -0.15) is 0 Å². The van der Waals surface area contributed by atoms with Crippen molar-refractivity contribution in [3.8, 4) is 0 Å². The molecule has 0 bridgehead atoms. The van der Waals surface area contributed by atoms with Gasteiger partial charge in [-0.1, -0.05) is 27.7 Å². The van der Waals surface area contributed by atoms with Crippen LogP contribution >= 0.6 is 0 Å². The van der Waals surface area contributed by atoms with Crippen molar-refractivity contribution in [2.75, 3.05) is 13.1 Å². The molecule has 16 heavy (non-hydrogen) atoms. The van der Waals surface area contributed by atoms with Gasteiger partial charge in [-0.25, -0.2) is 4.98 Å². The van der Waals surface area contributed by atoms with E-state index in [1.165, 1.54) is 23.6 Å². The van der Waals surface area contributed by atoms with Gasteiger partial charge in [-0.05, 0) is 19.4 Å². The number of aromatic amines is 1. The molecule has 90 valence electrons. The second-order valence-electron chi connectivity index (χ2n) is 5.74. The number of rotatable bonds is 2. The summed E-state index contributed by atoms with van der Waals surface area (Å²) in [6.45, 7) is 11.1. The highest BCUT2D eigenvalue weighted by Gasteiger charge is 2.26. The van der Waals surface area contributed by atoms with Crippen molar-refractivity contribution in [2.24, 2.45) is 0 Å². The van der Waals surface area contributed by atoms with E-state index < -0.39 is 0 Å². The van der Waals surface area contributed by atoms with E-state index in [4.69, 9.17) is 4.98 Å². The smallest absolute Gasteiger partial charge is 0.111 e. The molecule has 0 amide bonds. The number of imidazole rings is 1. The van der Waals surface area contributed by atoms with Gasteiger partial charge in [0.1, 0.15) is 5.82 Å². The van der Waals surface area contributed by atoms with Crippen molar-refractivity contribution in [2.45, 2.75) is 51.9 Å². The molecule has 3 heteroatoms. The maximum Gasteiger partial charge on any atom is 0.111 e. The van der Waals surface area contributed by atoms with Crippen molar-refractivity contribution >= 4 is 0 Å². The van der Waals surface area contributed by atoms with Gasteiger partial charge in [0.2, 0.25) is 0 Å². The first-order valence-electron chi connectivity index (χ1n) is 6.32. The van der Waals surface area contributed by atoms with Crippen molar-refractivity contribution in [1.29, 1.82) is 0 Å². The summed E-state index contributed by atoms with van der Waals surface area (Å²) in [6.07, 6.45) is 2.25. The summed E-state index contributed by atoms with van der Waals surface area (Å²) >= 11 is 0. The molecule has 2 heterocycles. The number of nitrogens with one attached hydrogen (secondary N) is 2. The summed E-state index contributed by atoms with van der Waals surface area (Å²) in [5.74, 6) is 1.77. The molecule has 1 unspecified atom stereocenters. The standard InChI is InChI=1S/C13H23N3/c1-5-10-11(13(2,3)4)16-12(15-10)9-6-7-14-8-9/h9,14H,5-8H2,1-4H3,(H,15,16). The average Bonchev–Trinajstić information content (AvgIpc) is 2.85. The van der Waals surface area contributed by atoms with Crippen LogP contribution in [0.15, 0.2) is 0 Å². The lowest BCUT2D eigenvalue weighted by atomic mass is 9.90. The third kappa shape index (κ3) is 2.14. The molecule has 2 N–H and O–H groups in total. The fourth-order valence-electron chi connectivity index (χ4n) is 2.39. The minimum Gasteiger partial charge on any atom is -0.345 e. The van der Waals surface area contributed by atoms with E-state index in [9.17, 15) is 0 Å². The average molecular weight is 221 g/mol. The van der Waals surface area contributed by atoms with E-state index in [1.807, 2.05) is 0 Å². The van der Waals surface area contributed by atoms with Gasteiger partial charge in [0.25, 0.3) is 0 Å². The summed E-state index contributed by atoms with van der Waals surface area (Å²) in [7, 11) is 0. The molecule has 0 spiro atoms. The molecule has 1 aromatic rings. The number of nitrogens with zero attached hydrogens (tertiary/aromatic N) is 1. The van der Waals surface area contributed by atoms with Gasteiger partial charge in [-0.15, -0.1) is 0 Å². The number of hydrogen-bond acceptors (Lipinski definition) is 2. The molecule has 1 atom stereocenters. The molecular weight excluding hydrogens is 198 g/mol. The van der Waals surface area contributed by atoms with E-state index in [0.29, 0.717) is 5.92 Å². The van der Waals surface area contributed by atoms with Crippen molar-refractivity contribution < 1.29 is 0 Å². The number of aromatic nitrogens is 2. The van der Waals surface area contributed by atoms with E-state index in [2.05, 4.69) is 38.0 Å². The highest BCUT2D eigenvalue weighted by Crippen LogP contribution is 2.28. The molecule has 1 aliphatic rings. The molecule has 0 aliphatic carbocycles. The summed E-state index contributed by atoms with van der Waals surface area (Å²) in [6, 6.07) is 0. The Morgan fingerprint density at radius 3 is 2.56 bits per heavy atom. The Balaban J connectivity index is 2.31. The largest absolute Gasteiger partial charge is 0.345 e. The minimum atomic E-state index is 0.145. The van der Waals surface area contributed by atoms with Gasteiger partial charge in [-0.3, -0.25) is 0 Å². The maximum absolute atomic E-state index is 4.84. The van der Waals surface area contributed by atoms with E-state index in [0.717, 1.165) is 19.5 Å². The summed E-state index contributed by atoms with van der Waals surface area (Å²) < 4.78 is 0. The number of H-pyrrole nitrogens is 1. The van der Waals surface area contributed by atoms with Crippen LogP contribution in [0.3, 0.4) is 0 Å². The molecule has 1 saturated heterocycles. The highest BCUT2D eigenvalue weighted by molar-refractivity contribution is 5.24. The van der Waals surface area contributed by atoms with Gasteiger partial charge < -0.3 is 10.3 Å². The normalized spacial score (nSPS) is 21.6. The lowest BCUT2D eigenvalue weighted by molar-refractivity contribution is 0.562. The van der Waals surface area contributed by atoms with Crippen molar-refractivity contribution in [3.63, 3.8) is 0 Å². The topological polar surface area (TPSA) is 40.7 Å². The Bertz CT molecular complexity index is 354. The van der Waals surface area contributed by atoms with Crippen molar-refractivity contribution in [3.05, 3.63) is 17.2 Å². The first-order chi connectivity index (χ1) is 7.52. The second kappa shape index (κ2) is 4.21. The van der Waals surface area contributed by atoms with Crippen LogP contribution in [-0.2, 0) is 11.8 Å². The fraction of sp³-hybridized carbons (Fsp3) is 0.769. The molecule has 1 fully saturated rings. The zero-order valence-electron chi connectivity index (χ0n) is 10.9. The monoisotopic (exact) mass is 221 g/mol. The zero-order chi connectivity index (χ0) is 11.8. The summed E-state index contributed by atoms with van der Waals surface area (Å²) in [5.41, 5.74) is 2.71. The molecule has 1 aliphatic heterocycles. The highest BCUT2D eigenvalue weighted by atomic mass is 15.0. The molecule has 0 radical (unpaired) electrons. The first kappa shape index (κ1) is 11.6. The number of hydrogen-bond donors (Lipinski definition) is 2. The lowest BCUT2D eigenvalue weighted by Gasteiger charge is -2.16. The van der Waals surface area contributed by atoms with Gasteiger partial charge in [0.15, 0.2) is 0 Å². The third-order valence-electron chi connectivity index (χ3n) is 3.31. The Morgan fingerprint density at radius 1 is 1.38 bits per heavy atom. The van der Waals surface area contributed by atoms with Crippen LogP contribution in [-0.4, -0.2) is 23.1 Å². The number of aryl methyl sites for hydroxylation is 1. The Morgan fingerprint density at radius 2 is 2.12 bits per heavy atom. The van der Waals surface area contributed by atoms with Gasteiger partial charge >= 0.3 is 0 Å². The molecule has 0 aromatic carbocycles. The molecule has 3 nitrogen and oxygen atoms in total. The first-order valence-corrected chi connectivity index (χ1v) is 6.32. The minimum absolute atomic E-state index is 0.145. The van der Waals surface area contributed by atoms with E-state index in [-0.39, 0.29) is 5.41 Å². The molecule has 2 rings (SSSR count). The van der Waals surface area contributed by atoms with Crippen LogP contribution in [0.4, 0.5) is 0 Å². The van der Waals surface area contributed by atoms with Crippen LogP contribution in [0.5, 0.6) is 0 Å². The van der Waals surface area contributed by atoms with Crippen LogP contribution in [0.2, 0.25) is 0 Å². The Kier molecular flexibility index (Phi) is 3.06. The van der Waals surface area contributed by atoms with Gasteiger partial charge in [0.05, 0.1) is 5.69 Å². The van der Waals surface area contributed by atoms with Crippen LogP contribution < -0.4 is 5.32 Å². The van der Waals surface area contributed by atoms with E-state index >= 15 is 0 Å². The molecule has 0 saturated carbocycles. The molecular formula is C13H23N3. The quantitative estimate of drug-likeness (QED) is 0.805. The predicted octanol–water partition coefficient (Wildman–Crippen LogP) is 2.35. The summed E-state index contributed by atoms with van der Waals surface area (Å²) in [4.78, 5) is 8.37.